The number of carbonyl (C=O) groups excluding carboxylic acids is 1. The van der Waals surface area contributed by atoms with E-state index >= 15 is 0 Å². The minimum atomic E-state index is -0.318. The van der Waals surface area contributed by atoms with Crippen LogP contribution in [0.25, 0.3) is 0 Å². The van der Waals surface area contributed by atoms with Crippen molar-refractivity contribution in [1.82, 2.24) is 15.3 Å². The lowest BCUT2D eigenvalue weighted by Crippen LogP contribution is -2.27. The van der Waals surface area contributed by atoms with Crippen molar-refractivity contribution in [1.29, 1.82) is 0 Å². The van der Waals surface area contributed by atoms with Gasteiger partial charge in [-0.25, -0.2) is 4.98 Å². The van der Waals surface area contributed by atoms with Crippen LogP contribution in [0.15, 0.2) is 12.4 Å². The third kappa shape index (κ3) is 6.47. The third-order valence-corrected chi connectivity index (χ3v) is 2.85. The Bertz CT molecular complexity index is 395. The molecule has 1 aliphatic heterocycles. The Labute approximate surface area is 120 Å². The number of ether oxygens (including phenoxy) is 1. The second kappa shape index (κ2) is 7.79. The van der Waals surface area contributed by atoms with Crippen molar-refractivity contribution in [3.8, 4) is 0 Å². The van der Waals surface area contributed by atoms with Gasteiger partial charge < -0.3 is 15.8 Å². The van der Waals surface area contributed by atoms with E-state index in [0.717, 1.165) is 31.6 Å². The van der Waals surface area contributed by atoms with Gasteiger partial charge in [-0.3, -0.25) is 9.78 Å². The first-order valence-corrected chi connectivity index (χ1v) is 6.82. The minimum absolute atomic E-state index is 0.318. The van der Waals surface area contributed by atoms with E-state index in [1.54, 1.807) is 12.4 Å². The fourth-order valence-corrected chi connectivity index (χ4v) is 1.82. The summed E-state index contributed by atoms with van der Waals surface area (Å²) in [6.45, 7) is 8.08. The van der Waals surface area contributed by atoms with Crippen molar-refractivity contribution in [3.63, 3.8) is 0 Å². The molecule has 2 heterocycles. The normalized spacial score (nSPS) is 15.9. The van der Waals surface area contributed by atoms with Crippen LogP contribution < -0.4 is 11.1 Å². The largest absolute Gasteiger partial charge is 0.462 e. The summed E-state index contributed by atoms with van der Waals surface area (Å²) < 4.78 is 4.55. The zero-order valence-corrected chi connectivity index (χ0v) is 12.4. The highest BCUT2D eigenvalue weighted by Gasteiger charge is 2.16. The van der Waals surface area contributed by atoms with E-state index in [4.69, 9.17) is 5.73 Å². The van der Waals surface area contributed by atoms with Crippen LogP contribution in [0, 0.1) is 0 Å². The molecule has 1 aromatic rings. The minimum Gasteiger partial charge on any atom is -0.462 e. The van der Waals surface area contributed by atoms with E-state index in [1.165, 1.54) is 0 Å². The molecular formula is C14H24N4O2. The molecule has 0 atom stereocenters. The van der Waals surface area contributed by atoms with E-state index in [-0.39, 0.29) is 5.60 Å². The summed E-state index contributed by atoms with van der Waals surface area (Å²) in [7, 11) is 0. The maximum absolute atomic E-state index is 9.60. The zero-order valence-electron chi connectivity index (χ0n) is 12.4. The molecule has 1 fully saturated rings. The topological polar surface area (TPSA) is 90.1 Å². The van der Waals surface area contributed by atoms with Crippen LogP contribution in [0.2, 0.25) is 0 Å². The van der Waals surface area contributed by atoms with Crippen LogP contribution in [-0.2, 0) is 9.53 Å². The van der Waals surface area contributed by atoms with Crippen molar-refractivity contribution in [2.45, 2.75) is 45.1 Å². The molecule has 20 heavy (non-hydrogen) atoms. The molecule has 0 aromatic carbocycles. The maximum atomic E-state index is 9.60. The van der Waals surface area contributed by atoms with Gasteiger partial charge in [-0.05, 0) is 46.7 Å². The molecule has 0 saturated carbocycles. The summed E-state index contributed by atoms with van der Waals surface area (Å²) in [6.07, 6.45) is 5.74. The molecule has 1 aliphatic rings. The number of aromatic nitrogens is 2. The first-order chi connectivity index (χ1) is 9.42. The number of hydrogen-bond acceptors (Lipinski definition) is 6. The summed E-state index contributed by atoms with van der Waals surface area (Å²) in [6, 6.07) is 0. The first kappa shape index (κ1) is 16.4. The summed E-state index contributed by atoms with van der Waals surface area (Å²) >= 11 is 0. The summed E-state index contributed by atoms with van der Waals surface area (Å²) in [5.41, 5.74) is 6.23. The van der Waals surface area contributed by atoms with Crippen molar-refractivity contribution >= 4 is 12.3 Å². The van der Waals surface area contributed by atoms with Gasteiger partial charge in [0.2, 0.25) is 0 Å². The molecule has 1 aromatic heterocycles. The predicted octanol–water partition coefficient (Wildman–Crippen LogP) is 1.48. The molecular weight excluding hydrogens is 256 g/mol. The number of nitrogens with zero attached hydrogens (tertiary/aromatic N) is 2. The monoisotopic (exact) mass is 280 g/mol. The van der Waals surface area contributed by atoms with Crippen molar-refractivity contribution in [3.05, 3.63) is 18.1 Å². The standard InChI is InChI=1S/C9H14N4.C5H10O2/c10-9-6-12-8(5-13-9)7-1-3-11-4-2-7;1-5(2,3)7-4-6/h5-7,11H,1-4H2,(H2,10,13);4H,1-3H3. The summed E-state index contributed by atoms with van der Waals surface area (Å²) in [4.78, 5) is 17.9. The lowest BCUT2D eigenvalue weighted by molar-refractivity contribution is -0.138. The molecule has 0 bridgehead atoms. The molecule has 0 unspecified atom stereocenters. The van der Waals surface area contributed by atoms with Crippen molar-refractivity contribution < 1.29 is 9.53 Å². The van der Waals surface area contributed by atoms with Crippen LogP contribution in [-0.4, -0.2) is 35.1 Å². The molecule has 6 nitrogen and oxygen atoms in total. The predicted molar refractivity (Wildman–Crippen MR) is 78.2 cm³/mol. The van der Waals surface area contributed by atoms with Gasteiger partial charge in [-0.1, -0.05) is 0 Å². The Morgan fingerprint density at radius 3 is 2.35 bits per heavy atom. The SMILES string of the molecule is CC(C)(C)OC=O.Nc1cnc(C2CCNCC2)cn1. The maximum Gasteiger partial charge on any atom is 0.293 e. The zero-order chi connectivity index (χ0) is 15.0. The van der Waals surface area contributed by atoms with Crippen molar-refractivity contribution in [2.75, 3.05) is 18.8 Å². The molecule has 2 rings (SSSR count). The number of carbonyl (C=O) groups is 1. The third-order valence-electron chi connectivity index (χ3n) is 2.85. The highest BCUT2D eigenvalue weighted by molar-refractivity contribution is 5.37. The Morgan fingerprint density at radius 1 is 1.30 bits per heavy atom. The van der Waals surface area contributed by atoms with E-state index in [2.05, 4.69) is 20.0 Å². The Hall–Kier alpha value is -1.69. The van der Waals surface area contributed by atoms with E-state index in [1.807, 2.05) is 20.8 Å². The number of nitrogens with two attached hydrogens (primary N) is 1. The molecule has 0 radical (unpaired) electrons. The molecule has 0 aliphatic carbocycles. The first-order valence-electron chi connectivity index (χ1n) is 6.82. The van der Waals surface area contributed by atoms with Gasteiger partial charge in [0.05, 0.1) is 18.1 Å². The highest BCUT2D eigenvalue weighted by atomic mass is 16.5. The van der Waals surface area contributed by atoms with Gasteiger partial charge in [-0.2, -0.15) is 0 Å². The number of rotatable bonds is 2. The van der Waals surface area contributed by atoms with Gasteiger partial charge in [0, 0.05) is 5.92 Å². The van der Waals surface area contributed by atoms with Gasteiger partial charge in [0.15, 0.2) is 0 Å². The van der Waals surface area contributed by atoms with E-state index < -0.39 is 0 Å². The van der Waals surface area contributed by atoms with Crippen LogP contribution in [0.1, 0.15) is 45.2 Å². The summed E-state index contributed by atoms with van der Waals surface area (Å²) in [5.74, 6) is 1.06. The van der Waals surface area contributed by atoms with Gasteiger partial charge in [0.1, 0.15) is 11.4 Å². The molecule has 0 amide bonds. The molecule has 3 N–H and O–H groups in total. The second-order valence-corrected chi connectivity index (χ2v) is 5.72. The number of nitrogen functional groups attached to an aromatic ring is 1. The van der Waals surface area contributed by atoms with Crippen LogP contribution >= 0.6 is 0 Å². The Balaban J connectivity index is 0.000000246. The molecule has 0 spiro atoms. The molecule has 112 valence electrons. The number of nitrogens with one attached hydrogen (secondary N) is 1. The number of hydrogen-bond donors (Lipinski definition) is 2. The van der Waals surface area contributed by atoms with Crippen LogP contribution in [0.3, 0.4) is 0 Å². The fourth-order valence-electron chi connectivity index (χ4n) is 1.82. The molecule has 6 heteroatoms. The van der Waals surface area contributed by atoms with Crippen LogP contribution in [0.5, 0.6) is 0 Å². The van der Waals surface area contributed by atoms with Crippen LogP contribution in [0.4, 0.5) is 5.82 Å². The van der Waals surface area contributed by atoms with E-state index in [0.29, 0.717) is 18.2 Å². The lowest BCUT2D eigenvalue weighted by Gasteiger charge is -2.21. The quantitative estimate of drug-likeness (QED) is 0.798. The Kier molecular flexibility index (Phi) is 6.38. The average molecular weight is 280 g/mol. The van der Waals surface area contributed by atoms with Gasteiger partial charge in [-0.15, -0.1) is 0 Å². The fraction of sp³-hybridized carbons (Fsp3) is 0.643. The number of anilines is 1. The number of piperidine rings is 1. The van der Waals surface area contributed by atoms with Crippen molar-refractivity contribution in [2.24, 2.45) is 0 Å². The molecule has 1 saturated heterocycles. The van der Waals surface area contributed by atoms with Gasteiger partial charge in [0.25, 0.3) is 6.47 Å². The summed E-state index contributed by atoms with van der Waals surface area (Å²) in [5, 5.41) is 3.32. The highest BCUT2D eigenvalue weighted by Crippen LogP contribution is 2.22. The Morgan fingerprint density at radius 2 is 1.95 bits per heavy atom. The lowest BCUT2D eigenvalue weighted by atomic mass is 9.95. The van der Waals surface area contributed by atoms with E-state index in [9.17, 15) is 4.79 Å². The second-order valence-electron chi connectivity index (χ2n) is 5.72. The smallest absolute Gasteiger partial charge is 0.293 e. The average Bonchev–Trinajstić information content (AvgIpc) is 2.40. The van der Waals surface area contributed by atoms with Gasteiger partial charge >= 0.3 is 0 Å².